The molecule has 29 heavy (non-hydrogen) atoms. The quantitative estimate of drug-likeness (QED) is 0.729. The molecule has 0 bridgehead atoms. The van der Waals surface area contributed by atoms with Crippen LogP contribution < -0.4 is 10.2 Å². The maximum atomic E-state index is 13.8. The first-order chi connectivity index (χ1) is 14.0. The molecule has 7 heteroatoms. The van der Waals surface area contributed by atoms with Crippen molar-refractivity contribution in [3.05, 3.63) is 52.6 Å². The molecule has 0 saturated carbocycles. The molecular weight excluding hydrogens is 395 g/mol. The van der Waals surface area contributed by atoms with E-state index in [9.17, 15) is 13.2 Å². The molecule has 2 aromatic rings. The Kier molecular flexibility index (Phi) is 4.52. The van der Waals surface area contributed by atoms with Crippen LogP contribution in [0.15, 0.2) is 30.3 Å². The van der Waals surface area contributed by atoms with Gasteiger partial charge in [0.2, 0.25) is 0 Å². The number of rotatable bonds is 1. The number of benzene rings is 2. The summed E-state index contributed by atoms with van der Waals surface area (Å²) in [4.78, 5) is 2.50. The number of nitrogens with zero attached hydrogens (tertiary/aromatic N) is 2. The van der Waals surface area contributed by atoms with Crippen molar-refractivity contribution in [3.8, 4) is 17.2 Å². The van der Waals surface area contributed by atoms with E-state index in [0.29, 0.717) is 17.5 Å². The molecule has 2 atom stereocenters. The Morgan fingerprint density at radius 1 is 1.21 bits per heavy atom. The Labute approximate surface area is 171 Å². The van der Waals surface area contributed by atoms with Crippen LogP contribution in [0, 0.1) is 11.3 Å². The van der Waals surface area contributed by atoms with Crippen LogP contribution in [0.5, 0.6) is 0 Å². The number of thioether (sulfide) groups is 1. The van der Waals surface area contributed by atoms with Crippen LogP contribution in [-0.4, -0.2) is 31.4 Å². The van der Waals surface area contributed by atoms with Crippen LogP contribution in [0.3, 0.4) is 0 Å². The summed E-state index contributed by atoms with van der Waals surface area (Å²) >= 11 is 1.84. The van der Waals surface area contributed by atoms with Crippen LogP contribution in [0.4, 0.5) is 18.9 Å². The number of nitrogens with one attached hydrogen (secondary N) is 1. The summed E-state index contributed by atoms with van der Waals surface area (Å²) in [7, 11) is 0. The zero-order valence-electron chi connectivity index (χ0n) is 15.7. The summed E-state index contributed by atoms with van der Waals surface area (Å²) in [6.45, 7) is 2.84. The summed E-state index contributed by atoms with van der Waals surface area (Å²) in [5.74, 6) is 2.16. The van der Waals surface area contributed by atoms with Gasteiger partial charge in [-0.2, -0.15) is 30.2 Å². The van der Waals surface area contributed by atoms with Crippen LogP contribution in [-0.2, 0) is 11.9 Å². The van der Waals surface area contributed by atoms with E-state index in [2.05, 4.69) is 10.2 Å². The SMILES string of the molecule is N#Cc1ccc(-c2cc3c4c(c2)[C@@H]2CNCC[C@@H]2N4CCSC3)c(C(F)(F)F)c1. The van der Waals surface area contributed by atoms with Gasteiger partial charge < -0.3 is 10.2 Å². The summed E-state index contributed by atoms with van der Waals surface area (Å²) < 4.78 is 41.3. The molecule has 1 saturated heterocycles. The van der Waals surface area contributed by atoms with Gasteiger partial charge in [0.1, 0.15) is 0 Å². The molecule has 0 aromatic heterocycles. The molecule has 5 rings (SSSR count). The second kappa shape index (κ2) is 6.96. The first-order valence-electron chi connectivity index (χ1n) is 9.81. The average Bonchev–Trinajstić information content (AvgIpc) is 2.88. The lowest BCUT2D eigenvalue weighted by Crippen LogP contribution is -2.44. The maximum Gasteiger partial charge on any atom is 0.417 e. The molecule has 3 nitrogen and oxygen atoms in total. The highest BCUT2D eigenvalue weighted by Crippen LogP contribution is 2.50. The molecule has 0 amide bonds. The van der Waals surface area contributed by atoms with Crippen molar-refractivity contribution in [1.29, 1.82) is 5.26 Å². The van der Waals surface area contributed by atoms with Gasteiger partial charge in [0.05, 0.1) is 17.2 Å². The fraction of sp³-hybridized carbons (Fsp3) is 0.409. The van der Waals surface area contributed by atoms with Gasteiger partial charge in [-0.3, -0.25) is 0 Å². The third-order valence-electron chi connectivity index (χ3n) is 6.25. The van der Waals surface area contributed by atoms with Crippen LogP contribution in [0.2, 0.25) is 0 Å². The molecule has 3 aliphatic rings. The van der Waals surface area contributed by atoms with E-state index >= 15 is 0 Å². The minimum Gasteiger partial charge on any atom is -0.367 e. The van der Waals surface area contributed by atoms with Crippen molar-refractivity contribution < 1.29 is 13.2 Å². The van der Waals surface area contributed by atoms with Gasteiger partial charge in [-0.1, -0.05) is 6.07 Å². The summed E-state index contributed by atoms with van der Waals surface area (Å²) in [6, 6.07) is 10.0. The second-order valence-electron chi connectivity index (χ2n) is 7.86. The Bertz CT molecular complexity index is 1010. The van der Waals surface area contributed by atoms with Crippen molar-refractivity contribution in [2.45, 2.75) is 30.3 Å². The molecule has 3 heterocycles. The number of piperidine rings is 1. The Morgan fingerprint density at radius 3 is 2.86 bits per heavy atom. The molecule has 150 valence electrons. The Hall–Kier alpha value is -2.17. The molecule has 0 spiro atoms. The molecule has 1 N–H and O–H groups in total. The van der Waals surface area contributed by atoms with Crippen molar-refractivity contribution in [2.75, 3.05) is 30.3 Å². The Morgan fingerprint density at radius 2 is 2.07 bits per heavy atom. The van der Waals surface area contributed by atoms with Gasteiger partial charge >= 0.3 is 6.18 Å². The van der Waals surface area contributed by atoms with Gasteiger partial charge in [0.25, 0.3) is 0 Å². The third kappa shape index (κ3) is 3.10. The van der Waals surface area contributed by atoms with Gasteiger partial charge in [-0.25, -0.2) is 0 Å². The lowest BCUT2D eigenvalue weighted by molar-refractivity contribution is -0.137. The van der Waals surface area contributed by atoms with E-state index < -0.39 is 11.7 Å². The molecule has 3 aliphatic heterocycles. The molecular formula is C22H20F3N3S. The summed E-state index contributed by atoms with van der Waals surface area (Å²) in [5.41, 5.74) is 3.60. The smallest absolute Gasteiger partial charge is 0.367 e. The standard InChI is InChI=1S/C22H20F3N3S/c23-22(24,25)19-7-13(10-26)1-2-16(19)14-8-15-12-29-6-5-28-20-3-4-27-11-18(20)17(9-14)21(15)28/h1-2,7-9,18,20,27H,3-6,11-12H2/t18-,20-/m0/s1. The minimum absolute atomic E-state index is 0.0265. The van der Waals surface area contributed by atoms with Gasteiger partial charge in [-0.15, -0.1) is 0 Å². The topological polar surface area (TPSA) is 39.1 Å². The highest BCUT2D eigenvalue weighted by molar-refractivity contribution is 7.98. The summed E-state index contributed by atoms with van der Waals surface area (Å²) in [5, 5.41) is 12.5. The van der Waals surface area contributed by atoms with E-state index in [1.54, 1.807) is 0 Å². The molecule has 0 radical (unpaired) electrons. The lowest BCUT2D eigenvalue weighted by atomic mass is 9.87. The van der Waals surface area contributed by atoms with Crippen LogP contribution >= 0.6 is 11.8 Å². The first-order valence-corrected chi connectivity index (χ1v) is 11.0. The number of nitriles is 1. The Balaban J connectivity index is 1.70. The third-order valence-corrected chi connectivity index (χ3v) is 7.24. The monoisotopic (exact) mass is 415 g/mol. The number of anilines is 1. The normalized spacial score (nSPS) is 23.2. The number of alkyl halides is 3. The molecule has 2 aromatic carbocycles. The number of fused-ring (bicyclic) bond motifs is 3. The molecule has 0 aliphatic carbocycles. The predicted molar refractivity (Wildman–Crippen MR) is 109 cm³/mol. The largest absolute Gasteiger partial charge is 0.417 e. The fourth-order valence-corrected chi connectivity index (χ4v) is 5.95. The molecule has 0 unspecified atom stereocenters. The predicted octanol–water partition coefficient (Wildman–Crippen LogP) is 4.76. The zero-order chi connectivity index (χ0) is 20.2. The number of hydrogen-bond acceptors (Lipinski definition) is 4. The van der Waals surface area contributed by atoms with E-state index in [1.807, 2.05) is 30.0 Å². The second-order valence-corrected chi connectivity index (χ2v) is 8.96. The lowest BCUT2D eigenvalue weighted by Gasteiger charge is -2.33. The van der Waals surface area contributed by atoms with Crippen LogP contribution in [0.25, 0.3) is 11.1 Å². The van der Waals surface area contributed by atoms with Crippen LogP contribution in [0.1, 0.15) is 34.6 Å². The first kappa shape index (κ1) is 18.8. The number of halogens is 3. The van der Waals surface area contributed by atoms with Crippen molar-refractivity contribution in [3.63, 3.8) is 0 Å². The van der Waals surface area contributed by atoms with E-state index in [1.165, 1.54) is 23.4 Å². The van der Waals surface area contributed by atoms with E-state index in [4.69, 9.17) is 5.26 Å². The van der Waals surface area contributed by atoms with Crippen molar-refractivity contribution >= 4 is 17.4 Å². The minimum atomic E-state index is -4.51. The van der Waals surface area contributed by atoms with E-state index in [0.717, 1.165) is 49.2 Å². The van der Waals surface area contributed by atoms with Gasteiger partial charge in [-0.05, 0) is 59.5 Å². The highest BCUT2D eigenvalue weighted by atomic mass is 32.2. The van der Waals surface area contributed by atoms with Crippen molar-refractivity contribution in [1.82, 2.24) is 5.32 Å². The molecule has 1 fully saturated rings. The average molecular weight is 415 g/mol. The van der Waals surface area contributed by atoms with Crippen molar-refractivity contribution in [2.24, 2.45) is 0 Å². The highest BCUT2D eigenvalue weighted by Gasteiger charge is 2.42. The van der Waals surface area contributed by atoms with E-state index in [-0.39, 0.29) is 11.1 Å². The van der Waals surface area contributed by atoms with Gasteiger partial charge in [0, 0.05) is 42.2 Å². The number of hydrogen-bond donors (Lipinski definition) is 1. The summed E-state index contributed by atoms with van der Waals surface area (Å²) in [6.07, 6.45) is -3.45. The maximum absolute atomic E-state index is 13.8. The van der Waals surface area contributed by atoms with Gasteiger partial charge in [0.15, 0.2) is 0 Å². The fourth-order valence-electron chi connectivity index (χ4n) is 5.04. The zero-order valence-corrected chi connectivity index (χ0v) is 16.5.